The number of nitrogens with zero attached hydrogens (tertiary/aromatic N) is 1. The predicted molar refractivity (Wildman–Crippen MR) is 59.4 cm³/mol. The summed E-state index contributed by atoms with van der Waals surface area (Å²) in [6, 6.07) is 0.339. The van der Waals surface area contributed by atoms with Crippen molar-refractivity contribution in [1.29, 1.82) is 0 Å². The van der Waals surface area contributed by atoms with Gasteiger partial charge in [-0.2, -0.15) is 0 Å². The topological polar surface area (TPSA) is 58.4 Å². The van der Waals surface area contributed by atoms with Crippen LogP contribution in [0.15, 0.2) is 0 Å². The maximum atomic E-state index is 12.0. The van der Waals surface area contributed by atoms with Crippen LogP contribution in [-0.2, 0) is 4.79 Å². The average molecular weight is 211 g/mol. The Hall–Kier alpha value is -0.610. The van der Waals surface area contributed by atoms with E-state index in [0.717, 1.165) is 38.8 Å². The predicted octanol–water partition coefficient (Wildman–Crippen LogP) is -0.0643. The summed E-state index contributed by atoms with van der Waals surface area (Å²) in [4.78, 5) is 14.3. The molecule has 1 heterocycles. The monoisotopic (exact) mass is 211 g/mol. The van der Waals surface area contributed by atoms with Crippen molar-refractivity contribution in [3.8, 4) is 0 Å². The summed E-state index contributed by atoms with van der Waals surface area (Å²) < 4.78 is 0. The van der Waals surface area contributed by atoms with Crippen LogP contribution in [0.3, 0.4) is 0 Å². The lowest BCUT2D eigenvalue weighted by Crippen LogP contribution is -2.53. The Kier molecular flexibility index (Phi) is 2.98. The van der Waals surface area contributed by atoms with Gasteiger partial charge in [-0.3, -0.25) is 4.79 Å². The van der Waals surface area contributed by atoms with Crippen molar-refractivity contribution in [2.24, 2.45) is 11.1 Å². The van der Waals surface area contributed by atoms with Crippen LogP contribution in [0.1, 0.15) is 25.7 Å². The van der Waals surface area contributed by atoms with Crippen LogP contribution >= 0.6 is 0 Å². The zero-order valence-electron chi connectivity index (χ0n) is 9.46. The fourth-order valence-corrected chi connectivity index (χ4v) is 2.52. The molecule has 4 nitrogen and oxygen atoms in total. The van der Waals surface area contributed by atoms with E-state index < -0.39 is 0 Å². The van der Waals surface area contributed by atoms with E-state index in [2.05, 4.69) is 17.3 Å². The minimum atomic E-state index is -0.221. The van der Waals surface area contributed by atoms with Gasteiger partial charge in [-0.25, -0.2) is 0 Å². The molecule has 1 saturated carbocycles. The average Bonchev–Trinajstić information content (AvgIpc) is 2.50. The summed E-state index contributed by atoms with van der Waals surface area (Å²) in [6.45, 7) is 2.56. The number of rotatable bonds is 3. The normalized spacial score (nSPS) is 29.9. The molecule has 0 spiro atoms. The molecule has 2 aliphatic rings. The lowest BCUT2D eigenvalue weighted by molar-refractivity contribution is -0.135. The first-order chi connectivity index (χ1) is 7.16. The Morgan fingerprint density at radius 3 is 2.73 bits per heavy atom. The van der Waals surface area contributed by atoms with Crippen LogP contribution in [0.5, 0.6) is 0 Å². The standard InChI is InChI=1S/C11H21N3O/c1-14-6-3-9(7-14)13-10(15)11(8-12)4-2-5-11/h9H,2-8,12H2,1H3,(H,13,15). The summed E-state index contributed by atoms with van der Waals surface area (Å²) >= 11 is 0. The number of nitrogens with two attached hydrogens (primary N) is 1. The van der Waals surface area contributed by atoms with E-state index in [9.17, 15) is 4.79 Å². The third-order valence-electron chi connectivity index (χ3n) is 3.91. The van der Waals surface area contributed by atoms with E-state index >= 15 is 0 Å². The molecule has 15 heavy (non-hydrogen) atoms. The molecule has 0 aromatic carbocycles. The van der Waals surface area contributed by atoms with E-state index in [1.54, 1.807) is 0 Å². The van der Waals surface area contributed by atoms with Crippen molar-refractivity contribution < 1.29 is 4.79 Å². The van der Waals surface area contributed by atoms with Crippen molar-refractivity contribution in [2.45, 2.75) is 31.7 Å². The van der Waals surface area contributed by atoms with Crippen LogP contribution in [0.2, 0.25) is 0 Å². The molecular weight excluding hydrogens is 190 g/mol. The van der Waals surface area contributed by atoms with Crippen LogP contribution in [-0.4, -0.2) is 43.5 Å². The first-order valence-electron chi connectivity index (χ1n) is 5.86. The number of carbonyl (C=O) groups excluding carboxylic acids is 1. The summed E-state index contributed by atoms with van der Waals surface area (Å²) in [5.41, 5.74) is 5.48. The lowest BCUT2D eigenvalue weighted by Gasteiger charge is -2.39. The van der Waals surface area contributed by atoms with Gasteiger partial charge in [0.15, 0.2) is 0 Å². The number of hydrogen-bond acceptors (Lipinski definition) is 3. The molecule has 86 valence electrons. The smallest absolute Gasteiger partial charge is 0.227 e. The largest absolute Gasteiger partial charge is 0.352 e. The summed E-state index contributed by atoms with van der Waals surface area (Å²) in [6.07, 6.45) is 4.16. The molecular formula is C11H21N3O. The number of likely N-dealkylation sites (N-methyl/N-ethyl adjacent to an activating group) is 1. The Bertz CT molecular complexity index is 245. The molecule has 2 rings (SSSR count). The van der Waals surface area contributed by atoms with Gasteiger partial charge in [-0.15, -0.1) is 0 Å². The minimum absolute atomic E-state index is 0.191. The number of hydrogen-bond donors (Lipinski definition) is 2. The summed E-state index contributed by atoms with van der Waals surface area (Å²) in [5, 5.41) is 3.14. The van der Waals surface area contributed by atoms with Gasteiger partial charge in [0, 0.05) is 19.1 Å². The number of likely N-dealkylation sites (tertiary alicyclic amines) is 1. The highest BCUT2D eigenvalue weighted by molar-refractivity contribution is 5.84. The Balaban J connectivity index is 1.86. The SMILES string of the molecule is CN1CCC(NC(=O)C2(CN)CCC2)C1. The molecule has 1 unspecified atom stereocenters. The fraction of sp³-hybridized carbons (Fsp3) is 0.909. The van der Waals surface area contributed by atoms with Crippen LogP contribution < -0.4 is 11.1 Å². The van der Waals surface area contributed by atoms with Crippen molar-refractivity contribution in [2.75, 3.05) is 26.7 Å². The highest BCUT2D eigenvalue weighted by Crippen LogP contribution is 2.40. The zero-order valence-corrected chi connectivity index (χ0v) is 9.46. The van der Waals surface area contributed by atoms with Gasteiger partial charge >= 0.3 is 0 Å². The molecule has 1 saturated heterocycles. The minimum Gasteiger partial charge on any atom is -0.352 e. The maximum absolute atomic E-state index is 12.0. The van der Waals surface area contributed by atoms with Gasteiger partial charge in [-0.1, -0.05) is 6.42 Å². The van der Waals surface area contributed by atoms with Crippen LogP contribution in [0, 0.1) is 5.41 Å². The second-order valence-electron chi connectivity index (χ2n) is 5.06. The van der Waals surface area contributed by atoms with E-state index in [4.69, 9.17) is 5.73 Å². The highest BCUT2D eigenvalue weighted by atomic mass is 16.2. The molecule has 1 amide bonds. The number of amides is 1. The van der Waals surface area contributed by atoms with Crippen molar-refractivity contribution in [3.05, 3.63) is 0 Å². The van der Waals surface area contributed by atoms with Gasteiger partial charge in [-0.05, 0) is 32.9 Å². The Morgan fingerprint density at radius 2 is 2.33 bits per heavy atom. The van der Waals surface area contributed by atoms with E-state index in [1.165, 1.54) is 0 Å². The van der Waals surface area contributed by atoms with Crippen molar-refractivity contribution >= 4 is 5.91 Å². The number of nitrogens with one attached hydrogen (secondary N) is 1. The van der Waals surface area contributed by atoms with Gasteiger partial charge < -0.3 is 16.0 Å². The molecule has 2 fully saturated rings. The second kappa shape index (κ2) is 4.10. The molecule has 3 N–H and O–H groups in total. The Morgan fingerprint density at radius 1 is 1.60 bits per heavy atom. The Labute approximate surface area is 91.2 Å². The molecule has 0 aromatic heterocycles. The molecule has 1 aliphatic carbocycles. The highest BCUT2D eigenvalue weighted by Gasteiger charge is 2.43. The van der Waals surface area contributed by atoms with Gasteiger partial charge in [0.1, 0.15) is 0 Å². The third-order valence-corrected chi connectivity index (χ3v) is 3.91. The van der Waals surface area contributed by atoms with Gasteiger partial charge in [0.05, 0.1) is 5.41 Å². The van der Waals surface area contributed by atoms with Crippen LogP contribution in [0.25, 0.3) is 0 Å². The van der Waals surface area contributed by atoms with Gasteiger partial charge in [0.25, 0.3) is 0 Å². The molecule has 4 heteroatoms. The third kappa shape index (κ3) is 2.01. The fourth-order valence-electron chi connectivity index (χ4n) is 2.52. The second-order valence-corrected chi connectivity index (χ2v) is 5.06. The van der Waals surface area contributed by atoms with Crippen molar-refractivity contribution in [3.63, 3.8) is 0 Å². The quantitative estimate of drug-likeness (QED) is 0.687. The molecule has 0 bridgehead atoms. The maximum Gasteiger partial charge on any atom is 0.227 e. The van der Waals surface area contributed by atoms with Crippen LogP contribution in [0.4, 0.5) is 0 Å². The van der Waals surface area contributed by atoms with E-state index in [1.807, 2.05) is 0 Å². The van der Waals surface area contributed by atoms with Gasteiger partial charge in [0.2, 0.25) is 5.91 Å². The molecule has 1 atom stereocenters. The summed E-state index contributed by atoms with van der Waals surface area (Å²) in [5.74, 6) is 0.191. The summed E-state index contributed by atoms with van der Waals surface area (Å²) in [7, 11) is 2.09. The molecule has 0 radical (unpaired) electrons. The molecule has 1 aliphatic heterocycles. The molecule has 0 aromatic rings. The number of carbonyl (C=O) groups is 1. The zero-order chi connectivity index (χ0) is 10.9. The van der Waals surface area contributed by atoms with E-state index in [-0.39, 0.29) is 11.3 Å². The lowest BCUT2D eigenvalue weighted by atomic mass is 9.68. The van der Waals surface area contributed by atoms with E-state index in [0.29, 0.717) is 12.6 Å². The first-order valence-corrected chi connectivity index (χ1v) is 5.86. The first kappa shape index (κ1) is 10.9. The van der Waals surface area contributed by atoms with Crippen molar-refractivity contribution in [1.82, 2.24) is 10.2 Å².